The van der Waals surface area contributed by atoms with Gasteiger partial charge >= 0.3 is 12.1 Å². The van der Waals surface area contributed by atoms with E-state index in [1.54, 1.807) is 24.5 Å². The second kappa shape index (κ2) is 10.3. The Morgan fingerprint density at radius 3 is 2.51 bits per heavy atom. The van der Waals surface area contributed by atoms with Gasteiger partial charge in [0.2, 0.25) is 11.8 Å². The molecule has 2 aromatic heterocycles. The van der Waals surface area contributed by atoms with Gasteiger partial charge in [0.05, 0.1) is 5.52 Å². The Balaban J connectivity index is 1.49. The van der Waals surface area contributed by atoms with Gasteiger partial charge in [0.25, 0.3) is 0 Å². The predicted molar refractivity (Wildman–Crippen MR) is 140 cm³/mol. The minimum atomic E-state index is -5.21. The number of carbonyl (C=O) groups excluding carboxylic acids is 3. The highest BCUT2D eigenvalue weighted by atomic mass is 19.4. The number of alkyl halides is 4. The lowest BCUT2D eigenvalue weighted by Crippen LogP contribution is -2.60. The first-order valence-electron chi connectivity index (χ1n) is 13.5. The summed E-state index contributed by atoms with van der Waals surface area (Å²) in [5, 5.41) is 5.32. The van der Waals surface area contributed by atoms with Crippen molar-refractivity contribution in [3.63, 3.8) is 0 Å². The third kappa shape index (κ3) is 5.11. The number of nitrogens with one attached hydrogen (secondary N) is 2. The summed E-state index contributed by atoms with van der Waals surface area (Å²) >= 11 is 0. The van der Waals surface area contributed by atoms with Crippen LogP contribution in [-0.2, 0) is 14.4 Å². The van der Waals surface area contributed by atoms with Crippen molar-refractivity contribution in [2.45, 2.75) is 64.1 Å². The number of rotatable bonds is 5. The zero-order chi connectivity index (χ0) is 29.9. The summed E-state index contributed by atoms with van der Waals surface area (Å²) in [6, 6.07) is -0.243. The van der Waals surface area contributed by atoms with Gasteiger partial charge in [-0.1, -0.05) is 26.7 Å². The zero-order valence-corrected chi connectivity index (χ0v) is 22.8. The molecule has 3 heterocycles. The molecule has 8 atom stereocenters. The molecule has 1 aliphatic heterocycles. The van der Waals surface area contributed by atoms with E-state index in [1.165, 1.54) is 31.9 Å². The Morgan fingerprint density at radius 2 is 1.85 bits per heavy atom. The highest BCUT2D eigenvalue weighted by Gasteiger charge is 2.63. The highest BCUT2D eigenvalue weighted by molar-refractivity contribution is 5.95. The van der Waals surface area contributed by atoms with Gasteiger partial charge in [-0.3, -0.25) is 24.4 Å². The van der Waals surface area contributed by atoms with Crippen LogP contribution in [0.15, 0.2) is 30.7 Å². The summed E-state index contributed by atoms with van der Waals surface area (Å²) in [6.45, 7) is 4.64. The van der Waals surface area contributed by atoms with Crippen LogP contribution in [0.25, 0.3) is 10.9 Å². The van der Waals surface area contributed by atoms with Gasteiger partial charge in [-0.25, -0.2) is 4.39 Å². The van der Waals surface area contributed by atoms with Crippen LogP contribution in [0.1, 0.15) is 45.2 Å². The molecule has 1 saturated heterocycles. The average Bonchev–Trinajstić information content (AvgIpc) is 3.58. The zero-order valence-electron chi connectivity index (χ0n) is 22.8. The fourth-order valence-electron chi connectivity index (χ4n) is 6.97. The van der Waals surface area contributed by atoms with Gasteiger partial charge in [0, 0.05) is 36.1 Å². The van der Waals surface area contributed by atoms with Crippen molar-refractivity contribution < 1.29 is 31.9 Å². The lowest BCUT2D eigenvalue weighted by atomic mass is 9.77. The van der Waals surface area contributed by atoms with Crippen LogP contribution in [0.4, 0.5) is 17.6 Å². The van der Waals surface area contributed by atoms with E-state index in [0.29, 0.717) is 29.3 Å². The number of amides is 3. The van der Waals surface area contributed by atoms with E-state index in [9.17, 15) is 31.9 Å². The van der Waals surface area contributed by atoms with Crippen molar-refractivity contribution in [1.29, 1.82) is 0 Å². The van der Waals surface area contributed by atoms with Crippen LogP contribution in [0.5, 0.6) is 0 Å². The Labute approximate surface area is 234 Å². The van der Waals surface area contributed by atoms with Crippen LogP contribution in [0.3, 0.4) is 0 Å². The molecule has 3 amide bonds. The summed E-state index contributed by atoms with van der Waals surface area (Å²) in [4.78, 5) is 49.6. The maximum atomic E-state index is 15.0. The smallest absolute Gasteiger partial charge is 0.337 e. The molecule has 0 spiro atoms. The number of hydrogen-bond acceptors (Lipinski definition) is 5. The van der Waals surface area contributed by atoms with Crippen LogP contribution < -0.4 is 10.6 Å². The number of pyridine rings is 2. The van der Waals surface area contributed by atoms with Gasteiger partial charge in [-0.05, 0) is 54.1 Å². The summed E-state index contributed by atoms with van der Waals surface area (Å²) in [5.74, 6) is -2.45. The average molecular weight is 574 g/mol. The Morgan fingerprint density at radius 1 is 1.12 bits per heavy atom. The molecule has 8 unspecified atom stereocenters. The first-order chi connectivity index (χ1) is 19.2. The summed E-state index contributed by atoms with van der Waals surface area (Å²) in [7, 11) is 0. The number of aromatic nitrogens is 2. The van der Waals surface area contributed by atoms with Crippen LogP contribution in [0, 0.1) is 41.4 Å². The van der Waals surface area contributed by atoms with E-state index >= 15 is 0 Å². The lowest BCUT2D eigenvalue weighted by molar-refractivity contribution is -0.176. The van der Waals surface area contributed by atoms with Crippen molar-refractivity contribution in [1.82, 2.24) is 25.5 Å². The molecule has 12 heteroatoms. The van der Waals surface area contributed by atoms with Gasteiger partial charge in [-0.15, -0.1) is 6.42 Å². The maximum Gasteiger partial charge on any atom is 0.471 e. The topological polar surface area (TPSA) is 104 Å². The Bertz CT molecular complexity index is 1410. The van der Waals surface area contributed by atoms with Crippen molar-refractivity contribution in [2.75, 3.05) is 6.54 Å². The minimum absolute atomic E-state index is 0.0548. The SMILES string of the molecule is C#CC(NC(=O)C1C2C3CC(CC3F)C2CN1C(=O)C(NC(=O)C(F)(F)F)C(C)(C)C)c1cncc2cccnc12. The highest BCUT2D eigenvalue weighted by Crippen LogP contribution is 2.58. The number of halogens is 4. The minimum Gasteiger partial charge on any atom is -0.337 e. The number of carbonyl (C=O) groups is 3. The first-order valence-corrected chi connectivity index (χ1v) is 13.5. The van der Waals surface area contributed by atoms with Crippen LogP contribution in [-0.4, -0.2) is 63.6 Å². The number of terminal acetylenes is 1. The standard InChI is InChI=1S/C29H31F4N5O3/c1-5-20(17-12-34-11-14-7-6-8-35-22(14)17)36-25(39)23-21-16-9-15(10-19(16)30)18(21)13-38(23)26(40)24(28(2,3)4)37-27(41)29(31,32)33/h1,6-8,11-12,15-16,18-21,23-24H,9-10,13H2,2-4H3,(H,36,39)(H,37,41). The summed E-state index contributed by atoms with van der Waals surface area (Å²) in [6.07, 6.45) is 5.00. The molecule has 5 rings (SSSR count). The quantitative estimate of drug-likeness (QED) is 0.422. The second-order valence-corrected chi connectivity index (χ2v) is 12.3. The largest absolute Gasteiger partial charge is 0.471 e. The van der Waals surface area contributed by atoms with Crippen LogP contribution in [0.2, 0.25) is 0 Å². The molecule has 2 bridgehead atoms. The van der Waals surface area contributed by atoms with Crippen molar-refractivity contribution >= 4 is 28.6 Å². The molecule has 2 N–H and O–H groups in total. The lowest BCUT2D eigenvalue weighted by Gasteiger charge is -2.37. The van der Waals surface area contributed by atoms with Gasteiger partial charge in [-0.2, -0.15) is 13.2 Å². The number of likely N-dealkylation sites (tertiary alicyclic amines) is 1. The van der Waals surface area contributed by atoms with Crippen molar-refractivity contribution in [3.05, 3.63) is 36.3 Å². The number of hydrogen-bond donors (Lipinski definition) is 2. The predicted octanol–water partition coefficient (Wildman–Crippen LogP) is 3.33. The molecular formula is C29H31F4N5O3. The van der Waals surface area contributed by atoms with E-state index in [1.807, 2.05) is 5.32 Å². The summed E-state index contributed by atoms with van der Waals surface area (Å²) < 4.78 is 54.5. The molecule has 0 aromatic carbocycles. The summed E-state index contributed by atoms with van der Waals surface area (Å²) in [5.41, 5.74) is -0.151. The third-order valence-corrected chi connectivity index (χ3v) is 8.77. The van der Waals surface area contributed by atoms with Gasteiger partial charge in [0.15, 0.2) is 0 Å². The fourth-order valence-corrected chi connectivity index (χ4v) is 6.97. The van der Waals surface area contributed by atoms with E-state index in [4.69, 9.17) is 6.42 Å². The van der Waals surface area contributed by atoms with Gasteiger partial charge in [0.1, 0.15) is 24.3 Å². The molecule has 2 aliphatic carbocycles. The molecular weight excluding hydrogens is 542 g/mol. The normalized spacial score (nSPS) is 28.6. The molecule has 2 aromatic rings. The maximum absolute atomic E-state index is 15.0. The van der Waals surface area contributed by atoms with Gasteiger partial charge < -0.3 is 15.5 Å². The van der Waals surface area contributed by atoms with E-state index in [0.717, 1.165) is 0 Å². The van der Waals surface area contributed by atoms with E-state index in [2.05, 4.69) is 21.2 Å². The second-order valence-electron chi connectivity index (χ2n) is 12.3. The fraction of sp³-hybridized carbons (Fsp3) is 0.552. The molecule has 2 saturated carbocycles. The molecule has 3 aliphatic rings. The molecule has 3 fully saturated rings. The Hall–Kier alpha value is -3.75. The van der Waals surface area contributed by atoms with Crippen LogP contribution >= 0.6 is 0 Å². The van der Waals surface area contributed by atoms with E-state index < -0.39 is 65.4 Å². The first kappa shape index (κ1) is 28.8. The van der Waals surface area contributed by atoms with E-state index in [-0.39, 0.29) is 18.4 Å². The Kier molecular flexibility index (Phi) is 7.20. The monoisotopic (exact) mass is 573 g/mol. The van der Waals surface area contributed by atoms with Crippen molar-refractivity contribution in [2.24, 2.45) is 29.1 Å². The molecule has 8 nitrogen and oxygen atoms in total. The van der Waals surface area contributed by atoms with Crippen molar-refractivity contribution in [3.8, 4) is 12.3 Å². The molecule has 218 valence electrons. The molecule has 41 heavy (non-hydrogen) atoms. The number of fused-ring (bicyclic) bond motifs is 6. The molecule has 0 radical (unpaired) electrons. The number of nitrogens with zero attached hydrogens (tertiary/aromatic N) is 3. The third-order valence-electron chi connectivity index (χ3n) is 8.77.